The molecule has 1 aromatic heterocycles. The van der Waals surface area contributed by atoms with Crippen LogP contribution in [0.1, 0.15) is 18.2 Å². The van der Waals surface area contributed by atoms with Crippen LogP contribution in [0.2, 0.25) is 0 Å². The summed E-state index contributed by atoms with van der Waals surface area (Å²) in [5.41, 5.74) is 1.50. The van der Waals surface area contributed by atoms with Crippen LogP contribution in [0.5, 0.6) is 5.75 Å². The number of hydrogen-bond donors (Lipinski definition) is 0. The normalized spacial score (nSPS) is 17.3. The molecule has 1 aliphatic rings. The molecule has 1 fully saturated rings. The Morgan fingerprint density at radius 1 is 1.27 bits per heavy atom. The van der Waals surface area contributed by atoms with Gasteiger partial charge in [-0.3, -0.25) is 4.90 Å². The number of rotatable bonds is 5. The molecule has 2 heterocycles. The van der Waals surface area contributed by atoms with Gasteiger partial charge in [0.05, 0.1) is 0 Å². The molecule has 6 nitrogen and oxygen atoms in total. The van der Waals surface area contributed by atoms with Gasteiger partial charge in [-0.15, -0.1) is 6.42 Å². The molecule has 1 saturated heterocycles. The first-order valence-electron chi connectivity index (χ1n) is 8.57. The molecule has 0 unspecified atom stereocenters. The molecule has 0 spiro atoms. The van der Waals surface area contributed by atoms with E-state index in [0.717, 1.165) is 37.5 Å². The maximum absolute atomic E-state index is 9.25. The molecule has 0 amide bonds. The van der Waals surface area contributed by atoms with Crippen LogP contribution in [0.3, 0.4) is 0 Å². The average Bonchev–Trinajstić information content (AvgIpc) is 2.68. The van der Waals surface area contributed by atoms with Crippen molar-refractivity contribution in [3.05, 3.63) is 47.9 Å². The third-order valence-corrected chi connectivity index (χ3v) is 4.51. The van der Waals surface area contributed by atoms with Crippen LogP contribution >= 0.6 is 0 Å². The zero-order chi connectivity index (χ0) is 18.4. The lowest BCUT2D eigenvalue weighted by atomic mass is 10.1. The fourth-order valence-electron chi connectivity index (χ4n) is 3.18. The fraction of sp³-hybridized carbons (Fsp3) is 0.350. The third kappa shape index (κ3) is 3.93. The standard InChI is InChI=1S/C20H21N5O/c1-3-12-26-19-7-5-4-6-17(19)15-24-10-11-25(14-16(24)2)20-18(13-21)22-8-9-23-20/h1,4-9,16H,10-12,14-15H2,2H3/t16-/m0/s1. The molecule has 0 bridgehead atoms. The van der Waals surface area contributed by atoms with Crippen LogP contribution in [-0.2, 0) is 6.54 Å². The lowest BCUT2D eigenvalue weighted by Crippen LogP contribution is -2.52. The first kappa shape index (κ1) is 17.7. The molecule has 0 aliphatic carbocycles. The minimum Gasteiger partial charge on any atom is -0.481 e. The Balaban J connectivity index is 1.69. The first-order valence-corrected chi connectivity index (χ1v) is 8.57. The predicted molar refractivity (Wildman–Crippen MR) is 99.6 cm³/mol. The second kappa shape index (κ2) is 8.33. The number of benzene rings is 1. The summed E-state index contributed by atoms with van der Waals surface area (Å²) in [5, 5.41) is 9.25. The minimum absolute atomic E-state index is 0.268. The Kier molecular flexibility index (Phi) is 5.68. The first-order chi connectivity index (χ1) is 12.7. The lowest BCUT2D eigenvalue weighted by molar-refractivity contribution is 0.178. The Bertz CT molecular complexity index is 839. The van der Waals surface area contributed by atoms with Gasteiger partial charge in [0, 0.05) is 50.2 Å². The van der Waals surface area contributed by atoms with Gasteiger partial charge in [0.25, 0.3) is 0 Å². The van der Waals surface area contributed by atoms with E-state index in [-0.39, 0.29) is 6.61 Å². The quantitative estimate of drug-likeness (QED) is 0.772. The van der Waals surface area contributed by atoms with Gasteiger partial charge in [0.2, 0.25) is 0 Å². The monoisotopic (exact) mass is 347 g/mol. The van der Waals surface area contributed by atoms with Gasteiger partial charge in [0.15, 0.2) is 11.5 Å². The summed E-state index contributed by atoms with van der Waals surface area (Å²) in [6.07, 6.45) is 8.48. The number of nitriles is 1. The van der Waals surface area contributed by atoms with Crippen molar-refractivity contribution in [1.82, 2.24) is 14.9 Å². The van der Waals surface area contributed by atoms with Gasteiger partial charge in [-0.25, -0.2) is 9.97 Å². The van der Waals surface area contributed by atoms with E-state index in [1.807, 2.05) is 18.2 Å². The largest absolute Gasteiger partial charge is 0.481 e. The number of hydrogen-bond acceptors (Lipinski definition) is 6. The second-order valence-corrected chi connectivity index (χ2v) is 6.21. The van der Waals surface area contributed by atoms with Crippen LogP contribution in [0.4, 0.5) is 5.82 Å². The molecular weight excluding hydrogens is 326 g/mol. The van der Waals surface area contributed by atoms with Crippen molar-refractivity contribution in [1.29, 1.82) is 5.26 Å². The van der Waals surface area contributed by atoms with Crippen LogP contribution in [-0.4, -0.2) is 47.2 Å². The van der Waals surface area contributed by atoms with Gasteiger partial charge >= 0.3 is 0 Å². The lowest BCUT2D eigenvalue weighted by Gasteiger charge is -2.40. The van der Waals surface area contributed by atoms with E-state index < -0.39 is 0 Å². The maximum atomic E-state index is 9.25. The van der Waals surface area contributed by atoms with Crippen molar-refractivity contribution in [3.8, 4) is 24.2 Å². The summed E-state index contributed by atoms with van der Waals surface area (Å²) in [4.78, 5) is 13.0. The summed E-state index contributed by atoms with van der Waals surface area (Å²) in [7, 11) is 0. The van der Waals surface area contributed by atoms with Crippen molar-refractivity contribution in [2.45, 2.75) is 19.5 Å². The molecule has 0 N–H and O–H groups in total. The highest BCUT2D eigenvalue weighted by Crippen LogP contribution is 2.24. The van der Waals surface area contributed by atoms with E-state index in [1.165, 1.54) is 0 Å². The van der Waals surface area contributed by atoms with E-state index >= 15 is 0 Å². The smallest absolute Gasteiger partial charge is 0.183 e. The number of ether oxygens (including phenoxy) is 1. The number of para-hydroxylation sites is 1. The molecule has 1 aromatic carbocycles. The summed E-state index contributed by atoms with van der Waals surface area (Å²) >= 11 is 0. The van der Waals surface area contributed by atoms with E-state index in [9.17, 15) is 5.26 Å². The highest BCUT2D eigenvalue weighted by atomic mass is 16.5. The van der Waals surface area contributed by atoms with Gasteiger partial charge in [-0.05, 0) is 13.0 Å². The van der Waals surface area contributed by atoms with Crippen LogP contribution < -0.4 is 9.64 Å². The molecule has 132 valence electrons. The second-order valence-electron chi connectivity index (χ2n) is 6.21. The maximum Gasteiger partial charge on any atom is 0.183 e. The van der Waals surface area contributed by atoms with Crippen LogP contribution in [0.25, 0.3) is 0 Å². The van der Waals surface area contributed by atoms with Gasteiger partial charge in [0.1, 0.15) is 18.4 Å². The van der Waals surface area contributed by atoms with Crippen LogP contribution in [0.15, 0.2) is 36.7 Å². The number of piperazine rings is 1. The molecule has 1 atom stereocenters. The molecule has 0 saturated carbocycles. The summed E-state index contributed by atoms with van der Waals surface area (Å²) < 4.78 is 5.66. The SMILES string of the molecule is C#CCOc1ccccc1CN1CCN(c2nccnc2C#N)C[C@@H]1C. The van der Waals surface area contributed by atoms with E-state index in [4.69, 9.17) is 11.2 Å². The zero-order valence-corrected chi connectivity index (χ0v) is 14.8. The topological polar surface area (TPSA) is 65.3 Å². The Morgan fingerprint density at radius 2 is 2.08 bits per heavy atom. The summed E-state index contributed by atoms with van der Waals surface area (Å²) in [6.45, 7) is 5.70. The molecule has 26 heavy (non-hydrogen) atoms. The van der Waals surface area contributed by atoms with Crippen molar-refractivity contribution < 1.29 is 4.74 Å². The van der Waals surface area contributed by atoms with Gasteiger partial charge in [-0.1, -0.05) is 24.1 Å². The Hall–Kier alpha value is -3.09. The summed E-state index contributed by atoms with van der Waals surface area (Å²) in [6, 6.07) is 10.4. The van der Waals surface area contributed by atoms with Crippen LogP contribution in [0, 0.1) is 23.7 Å². The molecule has 1 aliphatic heterocycles. The molecule has 2 aromatic rings. The minimum atomic E-state index is 0.268. The third-order valence-electron chi connectivity index (χ3n) is 4.51. The van der Waals surface area contributed by atoms with Gasteiger partial charge < -0.3 is 9.64 Å². The van der Waals surface area contributed by atoms with Crippen molar-refractivity contribution in [3.63, 3.8) is 0 Å². The fourth-order valence-corrected chi connectivity index (χ4v) is 3.18. The molecule has 0 radical (unpaired) electrons. The van der Waals surface area contributed by atoms with Gasteiger partial charge in [-0.2, -0.15) is 5.26 Å². The average molecular weight is 347 g/mol. The highest BCUT2D eigenvalue weighted by molar-refractivity contribution is 5.50. The van der Waals surface area contributed by atoms with E-state index in [0.29, 0.717) is 17.6 Å². The Labute approximate surface area is 154 Å². The van der Waals surface area contributed by atoms with Crippen molar-refractivity contribution >= 4 is 5.82 Å². The number of terminal acetylenes is 1. The highest BCUT2D eigenvalue weighted by Gasteiger charge is 2.26. The van der Waals surface area contributed by atoms with Crippen molar-refractivity contribution in [2.24, 2.45) is 0 Å². The molecule has 3 rings (SSSR count). The number of aromatic nitrogens is 2. The predicted octanol–water partition coefficient (Wildman–Crippen LogP) is 2.07. The van der Waals surface area contributed by atoms with Crippen molar-refractivity contribution in [2.75, 3.05) is 31.1 Å². The zero-order valence-electron chi connectivity index (χ0n) is 14.8. The molecular formula is C20H21N5O. The summed E-state index contributed by atoms with van der Waals surface area (Å²) in [5.74, 6) is 4.01. The molecule has 6 heteroatoms. The Morgan fingerprint density at radius 3 is 2.85 bits per heavy atom. The van der Waals surface area contributed by atoms with E-state index in [1.54, 1.807) is 12.4 Å². The number of nitrogens with zero attached hydrogens (tertiary/aromatic N) is 5. The number of anilines is 1. The van der Waals surface area contributed by atoms with E-state index in [2.05, 4.69) is 44.7 Å².